The van der Waals surface area contributed by atoms with Crippen LogP contribution in [0, 0.1) is 0 Å². The van der Waals surface area contributed by atoms with Crippen molar-refractivity contribution in [3.05, 3.63) is 0 Å². The molecule has 0 aliphatic heterocycles. The zero-order valence-electron chi connectivity index (χ0n) is 5.58. The maximum atomic E-state index is 9.24. The van der Waals surface area contributed by atoms with E-state index in [1.807, 2.05) is 0 Å². The number of carboxylic acid groups (broad SMARTS) is 2. The first-order valence-electron chi connectivity index (χ1n) is 2.38. The van der Waals surface area contributed by atoms with Crippen LogP contribution in [0.2, 0.25) is 0 Å². The summed E-state index contributed by atoms with van der Waals surface area (Å²) in [4.78, 5) is 18.5. The summed E-state index contributed by atoms with van der Waals surface area (Å²) in [5.74, 6) is -1.94. The van der Waals surface area contributed by atoms with Gasteiger partial charge in [-0.15, -0.1) is 0 Å². The number of hydrogen-bond acceptors (Lipinski definition) is 4. The molecule has 6 N–H and O–H groups in total. The predicted molar refractivity (Wildman–Crippen MR) is 33.4 cm³/mol. The number of nitrogens with two attached hydrogens (primary N) is 2. The first-order valence-corrected chi connectivity index (χ1v) is 2.38. The van der Waals surface area contributed by atoms with Crippen LogP contribution in [0.1, 0.15) is 0 Å². The van der Waals surface area contributed by atoms with Crippen LogP contribution in [0.4, 0.5) is 0 Å². The molecular formula is C4H10CuN2O4+2. The van der Waals surface area contributed by atoms with E-state index < -0.39 is 11.9 Å². The molecule has 0 bridgehead atoms. The Morgan fingerprint density at radius 3 is 1.09 bits per heavy atom. The molecule has 0 heterocycles. The predicted octanol–water partition coefficient (Wildman–Crippen LogP) is -1.94. The molecule has 11 heavy (non-hydrogen) atoms. The molecule has 0 unspecified atom stereocenters. The number of carboxylic acids is 2. The van der Waals surface area contributed by atoms with Crippen molar-refractivity contribution in [2.75, 3.05) is 13.1 Å². The Hall–Kier alpha value is -0.621. The molecule has 0 aromatic rings. The van der Waals surface area contributed by atoms with Crippen molar-refractivity contribution in [2.24, 2.45) is 11.5 Å². The average molecular weight is 214 g/mol. The van der Waals surface area contributed by atoms with Gasteiger partial charge in [0.25, 0.3) is 0 Å². The summed E-state index contributed by atoms with van der Waals surface area (Å²) in [6, 6.07) is 0. The van der Waals surface area contributed by atoms with Crippen molar-refractivity contribution in [3.8, 4) is 0 Å². The van der Waals surface area contributed by atoms with Gasteiger partial charge in [-0.2, -0.15) is 0 Å². The van der Waals surface area contributed by atoms with E-state index in [4.69, 9.17) is 10.2 Å². The molecule has 6 nitrogen and oxygen atoms in total. The van der Waals surface area contributed by atoms with Crippen LogP contribution in [0.5, 0.6) is 0 Å². The van der Waals surface area contributed by atoms with Crippen LogP contribution in [-0.2, 0) is 26.7 Å². The van der Waals surface area contributed by atoms with Gasteiger partial charge in [0, 0.05) is 0 Å². The molecule has 1 radical (unpaired) electrons. The van der Waals surface area contributed by atoms with Gasteiger partial charge in [-0.25, -0.2) is 0 Å². The van der Waals surface area contributed by atoms with Gasteiger partial charge in [0.15, 0.2) is 0 Å². The number of rotatable bonds is 2. The van der Waals surface area contributed by atoms with Crippen LogP contribution in [0.15, 0.2) is 0 Å². The molecule has 0 rings (SSSR count). The SMILES string of the molecule is NCC(=O)O.NCC(=O)O.[Cu+2]. The normalized spacial score (nSPS) is 6.73. The van der Waals surface area contributed by atoms with Crippen molar-refractivity contribution in [3.63, 3.8) is 0 Å². The summed E-state index contributed by atoms with van der Waals surface area (Å²) in [7, 11) is 0. The Morgan fingerprint density at radius 2 is 1.09 bits per heavy atom. The monoisotopic (exact) mass is 213 g/mol. The van der Waals surface area contributed by atoms with Crippen molar-refractivity contribution in [1.82, 2.24) is 0 Å². The molecule has 0 aliphatic rings. The fraction of sp³-hybridized carbons (Fsp3) is 0.500. The van der Waals surface area contributed by atoms with Crippen LogP contribution >= 0.6 is 0 Å². The minimum Gasteiger partial charge on any atom is -0.480 e. The summed E-state index contributed by atoms with van der Waals surface area (Å²) >= 11 is 0. The molecule has 0 amide bonds. The molecular weight excluding hydrogens is 204 g/mol. The number of hydrogen-bond donors (Lipinski definition) is 4. The minimum atomic E-state index is -0.968. The maximum absolute atomic E-state index is 9.24. The van der Waals surface area contributed by atoms with Gasteiger partial charge in [0.1, 0.15) is 0 Å². The van der Waals surface area contributed by atoms with Crippen LogP contribution in [-0.4, -0.2) is 35.2 Å². The van der Waals surface area contributed by atoms with Gasteiger partial charge in [0.2, 0.25) is 0 Å². The van der Waals surface area contributed by atoms with E-state index >= 15 is 0 Å². The standard InChI is InChI=1S/2C2H5NO2.Cu/c2*3-1-2(4)5;/h2*1,3H2,(H,4,5);/q;;+2. The second kappa shape index (κ2) is 12.1. The van der Waals surface area contributed by atoms with E-state index in [9.17, 15) is 9.59 Å². The van der Waals surface area contributed by atoms with E-state index in [0.717, 1.165) is 0 Å². The third-order valence-corrected chi connectivity index (χ3v) is 0.349. The Bertz CT molecular complexity index is 105. The topological polar surface area (TPSA) is 127 Å². The van der Waals surface area contributed by atoms with Crippen molar-refractivity contribution < 1.29 is 36.9 Å². The molecule has 0 saturated carbocycles. The van der Waals surface area contributed by atoms with Gasteiger partial charge in [-0.3, -0.25) is 9.59 Å². The quantitative estimate of drug-likeness (QED) is 0.395. The summed E-state index contributed by atoms with van der Waals surface area (Å²) < 4.78 is 0. The molecule has 7 heteroatoms. The van der Waals surface area contributed by atoms with E-state index in [0.29, 0.717) is 0 Å². The van der Waals surface area contributed by atoms with Crippen LogP contribution in [0.3, 0.4) is 0 Å². The maximum Gasteiger partial charge on any atom is 2.00 e. The minimum absolute atomic E-state index is 0. The van der Waals surface area contributed by atoms with E-state index in [2.05, 4.69) is 11.5 Å². The van der Waals surface area contributed by atoms with E-state index in [1.54, 1.807) is 0 Å². The number of aliphatic carboxylic acids is 2. The van der Waals surface area contributed by atoms with Crippen LogP contribution < -0.4 is 11.5 Å². The largest absolute Gasteiger partial charge is 2.00 e. The van der Waals surface area contributed by atoms with Gasteiger partial charge in [-0.05, 0) is 0 Å². The molecule has 0 fully saturated rings. The summed E-state index contributed by atoms with van der Waals surface area (Å²) in [5.41, 5.74) is 9.14. The first kappa shape index (κ1) is 16.8. The zero-order valence-corrected chi connectivity index (χ0v) is 6.52. The van der Waals surface area contributed by atoms with Gasteiger partial charge >= 0.3 is 29.0 Å². The Kier molecular flexibility index (Phi) is 18.4. The smallest absolute Gasteiger partial charge is 0.480 e. The first-order chi connectivity index (χ1) is 4.54. The van der Waals surface area contributed by atoms with Gasteiger partial charge in [-0.1, -0.05) is 0 Å². The molecule has 0 aromatic carbocycles. The fourth-order valence-electron chi connectivity index (χ4n) is 0. The van der Waals surface area contributed by atoms with Crippen molar-refractivity contribution >= 4 is 11.9 Å². The second-order valence-electron chi connectivity index (χ2n) is 1.20. The fourth-order valence-corrected chi connectivity index (χ4v) is 0. The second-order valence-corrected chi connectivity index (χ2v) is 1.20. The Balaban J connectivity index is -0.000000107. The van der Waals surface area contributed by atoms with Crippen molar-refractivity contribution in [2.45, 2.75) is 0 Å². The molecule has 0 saturated heterocycles. The molecule has 69 valence electrons. The summed E-state index contributed by atoms with van der Waals surface area (Å²) in [5, 5.41) is 15.2. The summed E-state index contributed by atoms with van der Waals surface area (Å²) in [6.07, 6.45) is 0. The van der Waals surface area contributed by atoms with Gasteiger partial charge < -0.3 is 21.7 Å². The average Bonchev–Trinajstić information content (AvgIpc) is 1.89. The van der Waals surface area contributed by atoms with E-state index in [-0.39, 0.29) is 30.2 Å². The zero-order chi connectivity index (χ0) is 8.57. The molecule has 0 aromatic heterocycles. The Labute approximate surface area is 74.0 Å². The summed E-state index contributed by atoms with van der Waals surface area (Å²) in [6.45, 7) is -0.556. The third-order valence-electron chi connectivity index (χ3n) is 0.349. The van der Waals surface area contributed by atoms with E-state index in [1.165, 1.54) is 0 Å². The third kappa shape index (κ3) is 44.7. The molecule has 0 aliphatic carbocycles. The number of carbonyl (C=O) groups is 2. The van der Waals surface area contributed by atoms with Crippen LogP contribution in [0.25, 0.3) is 0 Å². The molecule has 0 atom stereocenters. The Morgan fingerprint density at radius 1 is 1.00 bits per heavy atom. The van der Waals surface area contributed by atoms with Crippen molar-refractivity contribution in [1.29, 1.82) is 0 Å². The van der Waals surface area contributed by atoms with Gasteiger partial charge in [0.05, 0.1) is 13.1 Å². The molecule has 0 spiro atoms.